The second kappa shape index (κ2) is 3.54. The van der Waals surface area contributed by atoms with E-state index >= 15 is 0 Å². The molecular weight excluding hydrogens is 168 g/mol. The van der Waals surface area contributed by atoms with E-state index in [-0.39, 0.29) is 0 Å². The molecule has 0 aromatic rings. The lowest BCUT2D eigenvalue weighted by molar-refractivity contribution is 0.0974. The maximum absolute atomic E-state index is 2.01. The van der Waals surface area contributed by atoms with Crippen molar-refractivity contribution in [2.75, 3.05) is 0 Å². The summed E-state index contributed by atoms with van der Waals surface area (Å²) in [6, 6.07) is 0. The molecule has 0 atom stereocenters. The lowest BCUT2D eigenvalue weighted by atomic mass is 9.58. The Labute approximate surface area is 88.5 Å². The zero-order chi connectivity index (χ0) is 9.43. The van der Waals surface area contributed by atoms with Gasteiger partial charge in [-0.2, -0.15) is 0 Å². The van der Waals surface area contributed by atoms with Gasteiger partial charge in [0, 0.05) is 0 Å². The molecule has 1 radical (unpaired) electrons. The molecule has 0 bridgehead atoms. The quantitative estimate of drug-likeness (QED) is 0.603. The second-order valence-corrected chi connectivity index (χ2v) is 5.80. The topological polar surface area (TPSA) is 0 Å². The Morgan fingerprint density at radius 3 is 1.93 bits per heavy atom. The fourth-order valence-corrected chi connectivity index (χ4v) is 4.32. The predicted molar refractivity (Wildman–Crippen MR) is 60.0 cm³/mol. The fourth-order valence-electron chi connectivity index (χ4n) is 4.32. The predicted octanol–water partition coefficient (Wildman–Crippen LogP) is 4.50. The lowest BCUT2D eigenvalue weighted by Gasteiger charge is -2.47. The molecule has 0 aromatic heterocycles. The van der Waals surface area contributed by atoms with E-state index in [9.17, 15) is 0 Å². The summed E-state index contributed by atoms with van der Waals surface area (Å²) in [6.45, 7) is 0. The van der Waals surface area contributed by atoms with Crippen LogP contribution in [0.5, 0.6) is 0 Å². The summed E-state index contributed by atoms with van der Waals surface area (Å²) in [5, 5.41) is 0. The van der Waals surface area contributed by atoms with E-state index in [1.165, 1.54) is 44.9 Å². The van der Waals surface area contributed by atoms with Crippen molar-refractivity contribution in [3.8, 4) is 0 Å². The van der Waals surface area contributed by atoms with E-state index in [1.54, 1.807) is 25.7 Å². The summed E-state index contributed by atoms with van der Waals surface area (Å²) in [4.78, 5) is 0. The first kappa shape index (κ1) is 9.24. The van der Waals surface area contributed by atoms with Crippen LogP contribution in [0, 0.1) is 17.3 Å². The molecule has 0 heteroatoms. The van der Waals surface area contributed by atoms with Crippen LogP contribution in [0.25, 0.3) is 0 Å². The maximum Gasteiger partial charge on any atom is -0.0176 e. The Bertz CT molecular complexity index is 190. The minimum Gasteiger partial charge on any atom is -0.0527 e. The van der Waals surface area contributed by atoms with Crippen molar-refractivity contribution >= 4 is 0 Å². The molecule has 0 amide bonds. The monoisotopic (exact) mass is 191 g/mol. The van der Waals surface area contributed by atoms with Gasteiger partial charge in [-0.3, -0.25) is 0 Å². The van der Waals surface area contributed by atoms with Crippen molar-refractivity contribution in [3.05, 3.63) is 5.92 Å². The molecule has 3 fully saturated rings. The van der Waals surface area contributed by atoms with Crippen LogP contribution in [0.1, 0.15) is 70.6 Å². The number of hydrogen-bond acceptors (Lipinski definition) is 0. The molecule has 3 saturated carbocycles. The van der Waals surface area contributed by atoms with Crippen LogP contribution in [-0.4, -0.2) is 0 Å². The minimum atomic E-state index is 0.786. The molecule has 3 rings (SSSR count). The Morgan fingerprint density at radius 1 is 0.786 bits per heavy atom. The molecular formula is C14H23. The van der Waals surface area contributed by atoms with Gasteiger partial charge in [0.15, 0.2) is 0 Å². The zero-order valence-electron chi connectivity index (χ0n) is 9.36. The van der Waals surface area contributed by atoms with Crippen LogP contribution in [0.15, 0.2) is 0 Å². The highest BCUT2D eigenvalue weighted by atomic mass is 14.5. The van der Waals surface area contributed by atoms with Gasteiger partial charge in [0.2, 0.25) is 0 Å². The molecule has 3 aliphatic rings. The van der Waals surface area contributed by atoms with Crippen molar-refractivity contribution in [2.45, 2.75) is 70.6 Å². The minimum absolute atomic E-state index is 0.786. The Hall–Kier alpha value is 0. The third-order valence-corrected chi connectivity index (χ3v) is 5.29. The SMILES string of the molecule is C1CC[C](C2(C3CCC3)CCCC2)C1. The molecule has 0 unspecified atom stereocenters. The summed E-state index contributed by atoms with van der Waals surface area (Å²) < 4.78 is 0. The van der Waals surface area contributed by atoms with Gasteiger partial charge >= 0.3 is 0 Å². The van der Waals surface area contributed by atoms with Crippen LogP contribution in [0.3, 0.4) is 0 Å². The van der Waals surface area contributed by atoms with Crippen LogP contribution >= 0.6 is 0 Å². The average Bonchev–Trinajstić information content (AvgIpc) is 2.68. The molecule has 14 heavy (non-hydrogen) atoms. The second-order valence-electron chi connectivity index (χ2n) is 5.80. The zero-order valence-corrected chi connectivity index (χ0v) is 9.36. The summed E-state index contributed by atoms with van der Waals surface area (Å²) in [6.07, 6.45) is 16.8. The van der Waals surface area contributed by atoms with E-state index in [2.05, 4.69) is 0 Å². The van der Waals surface area contributed by atoms with Crippen LogP contribution in [0.2, 0.25) is 0 Å². The van der Waals surface area contributed by atoms with E-state index in [0.717, 1.165) is 11.3 Å². The van der Waals surface area contributed by atoms with Crippen LogP contribution in [-0.2, 0) is 0 Å². The fraction of sp³-hybridized carbons (Fsp3) is 0.929. The van der Waals surface area contributed by atoms with Crippen molar-refractivity contribution in [2.24, 2.45) is 11.3 Å². The van der Waals surface area contributed by atoms with E-state index in [4.69, 9.17) is 0 Å². The van der Waals surface area contributed by atoms with Gasteiger partial charge in [-0.05, 0) is 55.8 Å². The first-order valence-corrected chi connectivity index (χ1v) is 6.77. The molecule has 0 N–H and O–H groups in total. The maximum atomic E-state index is 2.01. The highest BCUT2D eigenvalue weighted by molar-refractivity contribution is 5.14. The molecule has 79 valence electrons. The summed E-state index contributed by atoms with van der Waals surface area (Å²) in [5.74, 6) is 3.14. The molecule has 0 saturated heterocycles. The summed E-state index contributed by atoms with van der Waals surface area (Å²) >= 11 is 0. The highest BCUT2D eigenvalue weighted by Crippen LogP contribution is 2.60. The van der Waals surface area contributed by atoms with E-state index in [0.29, 0.717) is 0 Å². The molecule has 0 aliphatic heterocycles. The first-order chi connectivity index (χ1) is 6.92. The van der Waals surface area contributed by atoms with Gasteiger partial charge in [0.25, 0.3) is 0 Å². The van der Waals surface area contributed by atoms with Crippen LogP contribution < -0.4 is 0 Å². The Morgan fingerprint density at radius 2 is 1.43 bits per heavy atom. The van der Waals surface area contributed by atoms with Gasteiger partial charge in [0.05, 0.1) is 0 Å². The normalized spacial score (nSPS) is 33.4. The third-order valence-electron chi connectivity index (χ3n) is 5.29. The standard InChI is InChI=1S/C14H23/c1-2-7-12(6-1)14(10-3-4-11-14)13-8-5-9-13/h13H,1-11H2. The number of hydrogen-bond donors (Lipinski definition) is 0. The molecule has 3 aliphatic carbocycles. The average molecular weight is 191 g/mol. The van der Waals surface area contributed by atoms with Gasteiger partial charge < -0.3 is 0 Å². The van der Waals surface area contributed by atoms with Gasteiger partial charge in [-0.15, -0.1) is 0 Å². The van der Waals surface area contributed by atoms with Crippen molar-refractivity contribution in [1.82, 2.24) is 0 Å². The van der Waals surface area contributed by atoms with E-state index in [1.807, 2.05) is 5.92 Å². The van der Waals surface area contributed by atoms with Gasteiger partial charge in [0.1, 0.15) is 0 Å². The molecule has 0 nitrogen and oxygen atoms in total. The largest absolute Gasteiger partial charge is 0.0527 e. The Kier molecular flexibility index (Phi) is 2.34. The third kappa shape index (κ3) is 1.26. The Balaban J connectivity index is 1.78. The molecule has 0 spiro atoms. The van der Waals surface area contributed by atoms with Crippen molar-refractivity contribution < 1.29 is 0 Å². The smallest absolute Gasteiger partial charge is 0.0176 e. The summed E-state index contributed by atoms with van der Waals surface area (Å²) in [7, 11) is 0. The lowest BCUT2D eigenvalue weighted by Crippen LogP contribution is -2.37. The van der Waals surface area contributed by atoms with Crippen molar-refractivity contribution in [1.29, 1.82) is 0 Å². The first-order valence-electron chi connectivity index (χ1n) is 6.77. The molecule has 0 heterocycles. The number of rotatable bonds is 2. The van der Waals surface area contributed by atoms with Gasteiger partial charge in [-0.1, -0.05) is 32.1 Å². The highest BCUT2D eigenvalue weighted by Gasteiger charge is 2.49. The van der Waals surface area contributed by atoms with Gasteiger partial charge in [-0.25, -0.2) is 0 Å². The van der Waals surface area contributed by atoms with E-state index < -0.39 is 0 Å². The van der Waals surface area contributed by atoms with Crippen LogP contribution in [0.4, 0.5) is 0 Å². The summed E-state index contributed by atoms with van der Waals surface area (Å²) in [5.41, 5.74) is 0.786. The van der Waals surface area contributed by atoms with Crippen molar-refractivity contribution in [3.63, 3.8) is 0 Å². The molecule has 0 aromatic carbocycles.